The molecule has 1 atom stereocenters. The smallest absolute Gasteiger partial charge is 0.336 e. The Morgan fingerprint density at radius 1 is 1.31 bits per heavy atom. The number of carbonyl (C=O) groups is 1. The van der Waals surface area contributed by atoms with E-state index in [-0.39, 0.29) is 0 Å². The maximum Gasteiger partial charge on any atom is 0.336 e. The summed E-state index contributed by atoms with van der Waals surface area (Å²) in [5.41, 5.74) is 0.864. The second-order valence-corrected chi connectivity index (χ2v) is 2.55. The zero-order valence-electron chi connectivity index (χ0n) is 6.92. The summed E-state index contributed by atoms with van der Waals surface area (Å²) in [7, 11) is 0. The van der Waals surface area contributed by atoms with Gasteiger partial charge in [0.2, 0.25) is 0 Å². The standard InChI is InChI=1S/C10H10O3/c11-9(10(12)13)7-6-8-4-2-1-3-5-8/h1-7,9,11H,(H,12,13). The van der Waals surface area contributed by atoms with Gasteiger partial charge in [0.1, 0.15) is 0 Å². The van der Waals surface area contributed by atoms with Crippen LogP contribution in [0.25, 0.3) is 6.08 Å². The third kappa shape index (κ3) is 3.09. The Morgan fingerprint density at radius 2 is 1.92 bits per heavy atom. The molecule has 0 radical (unpaired) electrons. The molecule has 0 bridgehead atoms. The molecule has 0 fully saturated rings. The quantitative estimate of drug-likeness (QED) is 0.729. The predicted octanol–water partition coefficient (Wildman–Crippen LogP) is 1.15. The van der Waals surface area contributed by atoms with Gasteiger partial charge in [-0.05, 0) is 11.6 Å². The zero-order valence-corrected chi connectivity index (χ0v) is 6.92. The highest BCUT2D eigenvalue weighted by atomic mass is 16.4. The monoisotopic (exact) mass is 178 g/mol. The Balaban J connectivity index is 2.64. The molecular formula is C10H10O3. The summed E-state index contributed by atoms with van der Waals surface area (Å²) >= 11 is 0. The summed E-state index contributed by atoms with van der Waals surface area (Å²) in [4.78, 5) is 10.2. The molecule has 1 aromatic rings. The number of aliphatic hydroxyl groups excluding tert-OH is 1. The van der Waals surface area contributed by atoms with Gasteiger partial charge in [0.15, 0.2) is 6.10 Å². The third-order valence-electron chi connectivity index (χ3n) is 1.52. The minimum absolute atomic E-state index is 0.864. The van der Waals surface area contributed by atoms with Crippen LogP contribution in [0.15, 0.2) is 36.4 Å². The van der Waals surface area contributed by atoms with Crippen LogP contribution in [0.2, 0.25) is 0 Å². The molecule has 3 heteroatoms. The molecule has 68 valence electrons. The van der Waals surface area contributed by atoms with Crippen LogP contribution in [0.1, 0.15) is 5.56 Å². The van der Waals surface area contributed by atoms with Crippen LogP contribution < -0.4 is 0 Å². The number of carboxylic acid groups (broad SMARTS) is 1. The Hall–Kier alpha value is -1.61. The van der Waals surface area contributed by atoms with Gasteiger partial charge in [-0.2, -0.15) is 0 Å². The van der Waals surface area contributed by atoms with Crippen molar-refractivity contribution in [1.29, 1.82) is 0 Å². The lowest BCUT2D eigenvalue weighted by molar-refractivity contribution is -0.143. The van der Waals surface area contributed by atoms with Crippen molar-refractivity contribution in [3.05, 3.63) is 42.0 Å². The van der Waals surface area contributed by atoms with E-state index in [4.69, 9.17) is 10.2 Å². The first-order chi connectivity index (χ1) is 6.20. The van der Waals surface area contributed by atoms with E-state index in [0.717, 1.165) is 5.56 Å². The number of carboxylic acids is 1. The van der Waals surface area contributed by atoms with E-state index in [1.807, 2.05) is 30.3 Å². The number of aliphatic carboxylic acids is 1. The van der Waals surface area contributed by atoms with E-state index in [0.29, 0.717) is 0 Å². The molecule has 0 aromatic heterocycles. The number of aliphatic hydroxyl groups is 1. The Kier molecular flexibility index (Phi) is 3.23. The molecule has 13 heavy (non-hydrogen) atoms. The first-order valence-corrected chi connectivity index (χ1v) is 3.84. The van der Waals surface area contributed by atoms with Gasteiger partial charge in [0.05, 0.1) is 0 Å². The van der Waals surface area contributed by atoms with Crippen molar-refractivity contribution in [2.24, 2.45) is 0 Å². The zero-order chi connectivity index (χ0) is 9.68. The fourth-order valence-electron chi connectivity index (χ4n) is 0.849. The molecule has 0 aliphatic heterocycles. The van der Waals surface area contributed by atoms with Crippen LogP contribution in [0, 0.1) is 0 Å². The highest BCUT2D eigenvalue weighted by molar-refractivity contribution is 5.75. The summed E-state index contributed by atoms with van der Waals surface area (Å²) < 4.78 is 0. The minimum atomic E-state index is -1.43. The van der Waals surface area contributed by atoms with Gasteiger partial charge in [0.25, 0.3) is 0 Å². The van der Waals surface area contributed by atoms with Gasteiger partial charge in [-0.25, -0.2) is 4.79 Å². The molecule has 0 saturated carbocycles. The molecule has 2 N–H and O–H groups in total. The normalized spacial score (nSPS) is 13.0. The van der Waals surface area contributed by atoms with Crippen molar-refractivity contribution in [2.45, 2.75) is 6.10 Å². The predicted molar refractivity (Wildman–Crippen MR) is 49.1 cm³/mol. The van der Waals surface area contributed by atoms with E-state index in [1.165, 1.54) is 6.08 Å². The molecule has 0 saturated heterocycles. The van der Waals surface area contributed by atoms with Crippen LogP contribution in [0.4, 0.5) is 0 Å². The number of hydrogen-bond donors (Lipinski definition) is 2. The van der Waals surface area contributed by atoms with Crippen LogP contribution in [-0.2, 0) is 4.79 Å². The summed E-state index contributed by atoms with van der Waals surface area (Å²) in [6, 6.07) is 9.20. The fourth-order valence-corrected chi connectivity index (χ4v) is 0.849. The maximum absolute atomic E-state index is 10.2. The van der Waals surface area contributed by atoms with Gasteiger partial charge >= 0.3 is 5.97 Å². The van der Waals surface area contributed by atoms with E-state index in [2.05, 4.69) is 0 Å². The van der Waals surface area contributed by atoms with Crippen molar-refractivity contribution < 1.29 is 15.0 Å². The van der Waals surface area contributed by atoms with Crippen molar-refractivity contribution in [1.82, 2.24) is 0 Å². The van der Waals surface area contributed by atoms with Crippen molar-refractivity contribution in [3.8, 4) is 0 Å². The lowest BCUT2D eigenvalue weighted by atomic mass is 10.2. The summed E-state index contributed by atoms with van der Waals surface area (Å²) in [5, 5.41) is 17.3. The van der Waals surface area contributed by atoms with Crippen LogP contribution in [0.3, 0.4) is 0 Å². The Bertz CT molecular complexity index is 303. The molecule has 0 heterocycles. The van der Waals surface area contributed by atoms with Gasteiger partial charge in [-0.1, -0.05) is 36.4 Å². The van der Waals surface area contributed by atoms with Crippen molar-refractivity contribution in [3.63, 3.8) is 0 Å². The van der Waals surface area contributed by atoms with E-state index >= 15 is 0 Å². The lowest BCUT2D eigenvalue weighted by Crippen LogP contribution is -2.15. The second-order valence-electron chi connectivity index (χ2n) is 2.55. The SMILES string of the molecule is O=C(O)C(O)C=Cc1ccccc1. The van der Waals surface area contributed by atoms with E-state index < -0.39 is 12.1 Å². The van der Waals surface area contributed by atoms with Gasteiger partial charge < -0.3 is 10.2 Å². The maximum atomic E-state index is 10.2. The number of benzene rings is 1. The molecular weight excluding hydrogens is 168 g/mol. The topological polar surface area (TPSA) is 57.5 Å². The van der Waals surface area contributed by atoms with E-state index in [1.54, 1.807) is 6.08 Å². The molecule has 0 amide bonds. The summed E-state index contributed by atoms with van der Waals surface area (Å²) in [6.45, 7) is 0. The molecule has 1 aromatic carbocycles. The van der Waals surface area contributed by atoms with Crippen molar-refractivity contribution >= 4 is 12.0 Å². The van der Waals surface area contributed by atoms with Gasteiger partial charge in [0, 0.05) is 0 Å². The highest BCUT2D eigenvalue weighted by Crippen LogP contribution is 2.01. The molecule has 0 aliphatic carbocycles. The second kappa shape index (κ2) is 4.42. The number of rotatable bonds is 3. The largest absolute Gasteiger partial charge is 0.479 e. The third-order valence-corrected chi connectivity index (χ3v) is 1.52. The Morgan fingerprint density at radius 3 is 2.46 bits per heavy atom. The number of hydrogen-bond acceptors (Lipinski definition) is 2. The van der Waals surface area contributed by atoms with Gasteiger partial charge in [-0.15, -0.1) is 0 Å². The van der Waals surface area contributed by atoms with Crippen LogP contribution >= 0.6 is 0 Å². The average molecular weight is 178 g/mol. The van der Waals surface area contributed by atoms with Crippen LogP contribution in [0.5, 0.6) is 0 Å². The fraction of sp³-hybridized carbons (Fsp3) is 0.100. The van der Waals surface area contributed by atoms with Gasteiger partial charge in [-0.3, -0.25) is 0 Å². The average Bonchev–Trinajstić information content (AvgIpc) is 2.15. The summed E-state index contributed by atoms with van der Waals surface area (Å²) in [5.74, 6) is -1.24. The summed E-state index contributed by atoms with van der Waals surface area (Å²) in [6.07, 6.45) is 1.37. The molecule has 0 spiro atoms. The first-order valence-electron chi connectivity index (χ1n) is 3.84. The van der Waals surface area contributed by atoms with E-state index in [9.17, 15) is 4.79 Å². The molecule has 3 nitrogen and oxygen atoms in total. The lowest BCUT2D eigenvalue weighted by Gasteiger charge is -1.96. The van der Waals surface area contributed by atoms with Crippen LogP contribution in [-0.4, -0.2) is 22.3 Å². The molecule has 0 aliphatic rings. The Labute approximate surface area is 76.0 Å². The first kappa shape index (κ1) is 9.48. The molecule has 1 rings (SSSR count). The highest BCUT2D eigenvalue weighted by Gasteiger charge is 2.06. The molecule has 1 unspecified atom stereocenters. The van der Waals surface area contributed by atoms with Crippen molar-refractivity contribution in [2.75, 3.05) is 0 Å². The minimum Gasteiger partial charge on any atom is -0.479 e.